The van der Waals surface area contributed by atoms with E-state index in [1.54, 1.807) is 12.1 Å². The highest BCUT2D eigenvalue weighted by Gasteiger charge is 2.19. The predicted octanol–water partition coefficient (Wildman–Crippen LogP) is 1.18. The molecule has 0 spiro atoms. The first kappa shape index (κ1) is 16.0. The molecule has 8 heteroatoms. The molecule has 2 rings (SSSR count). The first-order valence-corrected chi connectivity index (χ1v) is 8.61. The molecular weight excluding hydrogens is 321 g/mol. The van der Waals surface area contributed by atoms with E-state index in [-0.39, 0.29) is 14.9 Å². The second-order valence-electron chi connectivity index (χ2n) is 4.54. The fourth-order valence-electron chi connectivity index (χ4n) is 2.04. The van der Waals surface area contributed by atoms with Crippen molar-refractivity contribution in [1.82, 2.24) is 14.9 Å². The molecule has 1 heterocycles. The lowest BCUT2D eigenvalue weighted by Crippen LogP contribution is -2.46. The van der Waals surface area contributed by atoms with Gasteiger partial charge in [0.15, 0.2) is 0 Å². The number of rotatable bonds is 5. The van der Waals surface area contributed by atoms with Gasteiger partial charge in [-0.05, 0) is 12.1 Å². The van der Waals surface area contributed by atoms with Gasteiger partial charge in [0.2, 0.25) is 10.0 Å². The largest absolute Gasteiger partial charge is 0.314 e. The van der Waals surface area contributed by atoms with Gasteiger partial charge in [0.05, 0.1) is 10.0 Å². The second-order valence-corrected chi connectivity index (χ2v) is 7.06. The van der Waals surface area contributed by atoms with Crippen LogP contribution in [0.2, 0.25) is 10.0 Å². The molecule has 0 atom stereocenters. The van der Waals surface area contributed by atoms with Crippen LogP contribution in [0.5, 0.6) is 0 Å². The smallest absolute Gasteiger partial charge is 0.242 e. The molecule has 0 radical (unpaired) electrons. The lowest BCUT2D eigenvalue weighted by atomic mass is 10.3. The Hall–Kier alpha value is -0.370. The van der Waals surface area contributed by atoms with Crippen LogP contribution in [-0.4, -0.2) is 52.6 Å². The van der Waals surface area contributed by atoms with E-state index in [0.717, 1.165) is 26.2 Å². The number of halogens is 2. The maximum Gasteiger partial charge on any atom is 0.242 e. The Balaban J connectivity index is 1.95. The molecule has 0 unspecified atom stereocenters. The molecule has 0 aromatic heterocycles. The van der Waals surface area contributed by atoms with Crippen molar-refractivity contribution in [2.75, 3.05) is 39.3 Å². The summed E-state index contributed by atoms with van der Waals surface area (Å²) >= 11 is 11.8. The minimum atomic E-state index is -3.62. The van der Waals surface area contributed by atoms with Gasteiger partial charge in [-0.2, -0.15) is 0 Å². The monoisotopic (exact) mass is 337 g/mol. The van der Waals surface area contributed by atoms with Crippen LogP contribution in [0, 0.1) is 0 Å². The van der Waals surface area contributed by atoms with Crippen molar-refractivity contribution in [1.29, 1.82) is 0 Å². The number of benzene rings is 1. The number of hydrogen-bond acceptors (Lipinski definition) is 4. The highest BCUT2D eigenvalue weighted by Crippen LogP contribution is 2.28. The summed E-state index contributed by atoms with van der Waals surface area (Å²) < 4.78 is 26.9. The van der Waals surface area contributed by atoms with E-state index < -0.39 is 10.0 Å². The first-order chi connectivity index (χ1) is 9.50. The van der Waals surface area contributed by atoms with Gasteiger partial charge in [0.1, 0.15) is 4.90 Å². The third kappa shape index (κ3) is 4.07. The minimum Gasteiger partial charge on any atom is -0.314 e. The molecular formula is C12H17Cl2N3O2S. The second kappa shape index (κ2) is 7.06. The Morgan fingerprint density at radius 3 is 2.65 bits per heavy atom. The van der Waals surface area contributed by atoms with Crippen molar-refractivity contribution >= 4 is 33.2 Å². The number of hydrogen-bond donors (Lipinski definition) is 2. The Labute approximate surface area is 129 Å². The Morgan fingerprint density at radius 1 is 1.25 bits per heavy atom. The molecule has 112 valence electrons. The molecule has 1 fully saturated rings. The lowest BCUT2D eigenvalue weighted by molar-refractivity contribution is 0.245. The SMILES string of the molecule is O=S(=O)(NCCN1CCNCC1)c1cccc(Cl)c1Cl. The Bertz CT molecular complexity index is 560. The zero-order valence-corrected chi connectivity index (χ0v) is 13.2. The standard InChI is InChI=1S/C12H17Cl2N3O2S/c13-10-2-1-3-11(12(10)14)20(18,19)16-6-9-17-7-4-15-5-8-17/h1-3,15-16H,4-9H2. The van der Waals surface area contributed by atoms with Crippen LogP contribution in [-0.2, 0) is 10.0 Å². The van der Waals surface area contributed by atoms with Crippen LogP contribution in [0.25, 0.3) is 0 Å². The maximum absolute atomic E-state index is 12.2. The third-order valence-corrected chi connectivity index (χ3v) is 5.57. The molecule has 1 aliphatic heterocycles. The molecule has 5 nitrogen and oxygen atoms in total. The quantitative estimate of drug-likeness (QED) is 0.846. The summed E-state index contributed by atoms with van der Waals surface area (Å²) in [6, 6.07) is 4.57. The van der Waals surface area contributed by atoms with E-state index in [9.17, 15) is 8.42 Å². The van der Waals surface area contributed by atoms with Gasteiger partial charge in [-0.25, -0.2) is 13.1 Å². The molecule has 20 heavy (non-hydrogen) atoms. The van der Waals surface area contributed by atoms with E-state index in [0.29, 0.717) is 13.1 Å². The van der Waals surface area contributed by atoms with E-state index in [2.05, 4.69) is 14.9 Å². The molecule has 1 aliphatic rings. The summed E-state index contributed by atoms with van der Waals surface area (Å²) in [6.07, 6.45) is 0. The number of piperazine rings is 1. The fourth-order valence-corrected chi connectivity index (χ4v) is 3.82. The lowest BCUT2D eigenvalue weighted by Gasteiger charge is -2.27. The van der Waals surface area contributed by atoms with Crippen molar-refractivity contribution in [3.63, 3.8) is 0 Å². The molecule has 0 bridgehead atoms. The van der Waals surface area contributed by atoms with Crippen molar-refractivity contribution < 1.29 is 8.42 Å². The van der Waals surface area contributed by atoms with Crippen LogP contribution in [0.3, 0.4) is 0 Å². The number of sulfonamides is 1. The van der Waals surface area contributed by atoms with Crippen molar-refractivity contribution in [2.24, 2.45) is 0 Å². The summed E-state index contributed by atoms with van der Waals surface area (Å²) in [5.74, 6) is 0. The van der Waals surface area contributed by atoms with Crippen LogP contribution in [0.1, 0.15) is 0 Å². The van der Waals surface area contributed by atoms with E-state index in [4.69, 9.17) is 23.2 Å². The highest BCUT2D eigenvalue weighted by atomic mass is 35.5. The van der Waals surface area contributed by atoms with E-state index in [1.165, 1.54) is 6.07 Å². The molecule has 1 aromatic rings. The molecule has 0 aliphatic carbocycles. The Morgan fingerprint density at radius 2 is 1.95 bits per heavy atom. The molecule has 1 aromatic carbocycles. The van der Waals surface area contributed by atoms with Gasteiger partial charge in [0, 0.05) is 39.3 Å². The average Bonchev–Trinajstić information content (AvgIpc) is 2.42. The molecule has 2 N–H and O–H groups in total. The molecule has 1 saturated heterocycles. The van der Waals surface area contributed by atoms with Crippen molar-refractivity contribution in [2.45, 2.75) is 4.90 Å². The van der Waals surface area contributed by atoms with Gasteiger partial charge >= 0.3 is 0 Å². The molecule has 0 amide bonds. The van der Waals surface area contributed by atoms with Crippen molar-refractivity contribution in [3.8, 4) is 0 Å². The first-order valence-electron chi connectivity index (χ1n) is 6.37. The van der Waals surface area contributed by atoms with Gasteiger partial charge in [-0.1, -0.05) is 29.3 Å². The van der Waals surface area contributed by atoms with Gasteiger partial charge in [0.25, 0.3) is 0 Å². The van der Waals surface area contributed by atoms with E-state index >= 15 is 0 Å². The topological polar surface area (TPSA) is 61.4 Å². The zero-order chi connectivity index (χ0) is 14.6. The number of nitrogens with zero attached hydrogens (tertiary/aromatic N) is 1. The van der Waals surface area contributed by atoms with Crippen LogP contribution >= 0.6 is 23.2 Å². The van der Waals surface area contributed by atoms with Crippen LogP contribution in [0.15, 0.2) is 23.1 Å². The Kier molecular flexibility index (Phi) is 5.65. The number of nitrogens with one attached hydrogen (secondary N) is 2. The molecule has 0 saturated carbocycles. The average molecular weight is 338 g/mol. The van der Waals surface area contributed by atoms with Gasteiger partial charge < -0.3 is 5.32 Å². The summed E-state index contributed by atoms with van der Waals surface area (Å²) in [4.78, 5) is 2.23. The van der Waals surface area contributed by atoms with Gasteiger partial charge in [-0.15, -0.1) is 0 Å². The maximum atomic E-state index is 12.2. The summed E-state index contributed by atoms with van der Waals surface area (Å²) in [7, 11) is -3.62. The van der Waals surface area contributed by atoms with Crippen LogP contribution in [0.4, 0.5) is 0 Å². The summed E-state index contributed by atoms with van der Waals surface area (Å²) in [5, 5.41) is 3.54. The van der Waals surface area contributed by atoms with Crippen molar-refractivity contribution in [3.05, 3.63) is 28.2 Å². The van der Waals surface area contributed by atoms with Crippen LogP contribution < -0.4 is 10.0 Å². The summed E-state index contributed by atoms with van der Waals surface area (Å²) in [6.45, 7) is 4.77. The summed E-state index contributed by atoms with van der Waals surface area (Å²) in [5.41, 5.74) is 0. The minimum absolute atomic E-state index is 0.0203. The van der Waals surface area contributed by atoms with E-state index in [1.807, 2.05) is 0 Å². The third-order valence-electron chi connectivity index (χ3n) is 3.14. The zero-order valence-electron chi connectivity index (χ0n) is 10.9. The van der Waals surface area contributed by atoms with Gasteiger partial charge in [-0.3, -0.25) is 4.90 Å². The highest BCUT2D eigenvalue weighted by molar-refractivity contribution is 7.89. The fraction of sp³-hybridized carbons (Fsp3) is 0.500. The normalized spacial score (nSPS) is 17.3. The predicted molar refractivity (Wildman–Crippen MR) is 81.0 cm³/mol.